The van der Waals surface area contributed by atoms with E-state index in [1.807, 2.05) is 42.5 Å². The van der Waals surface area contributed by atoms with Crippen molar-refractivity contribution in [2.45, 2.75) is 23.1 Å². The van der Waals surface area contributed by atoms with E-state index in [9.17, 15) is 13.2 Å². The quantitative estimate of drug-likeness (QED) is 0.568. The van der Waals surface area contributed by atoms with Gasteiger partial charge in [0, 0.05) is 24.8 Å². The maximum absolute atomic E-state index is 12.4. The van der Waals surface area contributed by atoms with Gasteiger partial charge in [0.15, 0.2) is 0 Å². The molecule has 2 N–H and O–H groups in total. The van der Waals surface area contributed by atoms with Crippen LogP contribution in [0, 0.1) is 0 Å². The van der Waals surface area contributed by atoms with Gasteiger partial charge in [0.2, 0.25) is 15.9 Å². The number of piperidine rings is 1. The van der Waals surface area contributed by atoms with Crippen molar-refractivity contribution < 1.29 is 13.2 Å². The summed E-state index contributed by atoms with van der Waals surface area (Å²) in [6.07, 6.45) is 1.37. The van der Waals surface area contributed by atoms with Crippen LogP contribution in [0.3, 0.4) is 0 Å². The maximum Gasteiger partial charge on any atom is 0.250 e. The highest BCUT2D eigenvalue weighted by atomic mass is 32.2. The van der Waals surface area contributed by atoms with E-state index in [0.29, 0.717) is 36.7 Å². The lowest BCUT2D eigenvalue weighted by molar-refractivity contribution is -0.117. The third-order valence-electron chi connectivity index (χ3n) is 5.31. The first kappa shape index (κ1) is 21.7. The molecular formula is C23H25N3O3S2. The summed E-state index contributed by atoms with van der Waals surface area (Å²) in [5.74, 6) is -0.0647. The monoisotopic (exact) mass is 455 g/mol. The number of rotatable bonds is 7. The average molecular weight is 456 g/mol. The van der Waals surface area contributed by atoms with Gasteiger partial charge in [-0.1, -0.05) is 48.5 Å². The number of nitrogens with one attached hydrogen (secondary N) is 2. The summed E-state index contributed by atoms with van der Waals surface area (Å²) < 4.78 is 27.8. The molecule has 1 saturated heterocycles. The summed E-state index contributed by atoms with van der Waals surface area (Å²) in [6.45, 7) is 1.65. The molecule has 0 unspecified atom stereocenters. The molecule has 0 atom stereocenters. The summed E-state index contributed by atoms with van der Waals surface area (Å²) >= 11 is 1.21. The van der Waals surface area contributed by atoms with E-state index < -0.39 is 10.0 Å². The first-order valence-electron chi connectivity index (χ1n) is 10.2. The molecule has 1 aliphatic rings. The third kappa shape index (κ3) is 5.80. The van der Waals surface area contributed by atoms with Gasteiger partial charge in [0.05, 0.1) is 6.54 Å². The molecule has 1 aliphatic heterocycles. The zero-order valence-electron chi connectivity index (χ0n) is 17.0. The Bertz CT molecular complexity index is 1090. The summed E-state index contributed by atoms with van der Waals surface area (Å²) in [5, 5.41) is 4.70. The van der Waals surface area contributed by atoms with Gasteiger partial charge in [-0.3, -0.25) is 9.69 Å². The number of amides is 1. The fourth-order valence-electron chi connectivity index (χ4n) is 3.68. The minimum absolute atomic E-state index is 0.0647. The van der Waals surface area contributed by atoms with Crippen LogP contribution in [-0.2, 0) is 14.8 Å². The molecule has 162 valence electrons. The lowest BCUT2D eigenvalue weighted by Gasteiger charge is -2.31. The number of sulfonamides is 1. The normalized spacial score (nSPS) is 15.6. The predicted molar refractivity (Wildman–Crippen MR) is 125 cm³/mol. The van der Waals surface area contributed by atoms with Gasteiger partial charge in [-0.2, -0.15) is 0 Å². The smallest absolute Gasteiger partial charge is 0.250 e. The maximum atomic E-state index is 12.4. The predicted octanol–water partition coefficient (Wildman–Crippen LogP) is 3.80. The van der Waals surface area contributed by atoms with Gasteiger partial charge in [-0.25, -0.2) is 13.1 Å². The molecule has 6 nitrogen and oxygen atoms in total. The topological polar surface area (TPSA) is 78.5 Å². The summed E-state index contributed by atoms with van der Waals surface area (Å²) in [6, 6.07) is 21.1. The Labute approximate surface area is 187 Å². The lowest BCUT2D eigenvalue weighted by atomic mass is 10.1. The number of carbonyl (C=O) groups excluding carboxylic acids is 1. The van der Waals surface area contributed by atoms with Crippen LogP contribution in [0.4, 0.5) is 5.69 Å². The second-order valence-electron chi connectivity index (χ2n) is 7.60. The molecule has 1 aromatic heterocycles. The number of nitrogens with zero attached hydrogens (tertiary/aromatic N) is 1. The van der Waals surface area contributed by atoms with Crippen molar-refractivity contribution in [3.05, 3.63) is 72.1 Å². The number of likely N-dealkylation sites (tertiary alicyclic amines) is 1. The number of anilines is 1. The Kier molecular flexibility index (Phi) is 6.82. The molecule has 1 fully saturated rings. The van der Waals surface area contributed by atoms with E-state index in [4.69, 9.17) is 0 Å². The molecular weight excluding hydrogens is 430 g/mol. The van der Waals surface area contributed by atoms with Gasteiger partial charge in [0.1, 0.15) is 4.21 Å². The minimum atomic E-state index is -3.45. The molecule has 8 heteroatoms. The molecule has 0 saturated carbocycles. The number of hydrogen-bond donors (Lipinski definition) is 2. The van der Waals surface area contributed by atoms with Gasteiger partial charge >= 0.3 is 0 Å². The molecule has 31 heavy (non-hydrogen) atoms. The zero-order chi connectivity index (χ0) is 21.7. The van der Waals surface area contributed by atoms with Gasteiger partial charge < -0.3 is 5.32 Å². The SMILES string of the molecule is O=C(CN1CCC(NS(=O)(=O)c2cccs2)CC1)Nc1ccc(-c2ccccc2)cc1. The highest BCUT2D eigenvalue weighted by Crippen LogP contribution is 2.21. The van der Waals surface area contributed by atoms with Crippen molar-refractivity contribution in [1.82, 2.24) is 9.62 Å². The van der Waals surface area contributed by atoms with Gasteiger partial charge in [-0.15, -0.1) is 11.3 Å². The number of thiophene rings is 1. The highest BCUT2D eigenvalue weighted by molar-refractivity contribution is 7.91. The van der Waals surface area contributed by atoms with Crippen LogP contribution in [0.2, 0.25) is 0 Å². The first-order valence-corrected chi connectivity index (χ1v) is 12.6. The molecule has 4 rings (SSSR count). The van der Waals surface area contributed by atoms with Crippen LogP contribution in [0.25, 0.3) is 11.1 Å². The molecule has 0 radical (unpaired) electrons. The second kappa shape index (κ2) is 9.74. The largest absolute Gasteiger partial charge is 0.325 e. The van der Waals surface area contributed by atoms with Crippen LogP contribution in [-0.4, -0.2) is 44.9 Å². The molecule has 0 spiro atoms. The van der Waals surface area contributed by atoms with Crippen LogP contribution in [0.5, 0.6) is 0 Å². The van der Waals surface area contributed by atoms with Gasteiger partial charge in [-0.05, 0) is 47.5 Å². The number of benzene rings is 2. The van der Waals surface area contributed by atoms with Crippen LogP contribution in [0.15, 0.2) is 76.3 Å². The fourth-order valence-corrected chi connectivity index (χ4v) is 6.00. The summed E-state index contributed by atoms with van der Waals surface area (Å²) in [4.78, 5) is 14.5. The minimum Gasteiger partial charge on any atom is -0.325 e. The van der Waals surface area contributed by atoms with Crippen molar-refractivity contribution in [2.24, 2.45) is 0 Å². The van der Waals surface area contributed by atoms with E-state index in [0.717, 1.165) is 16.8 Å². The zero-order valence-corrected chi connectivity index (χ0v) is 18.7. The van der Waals surface area contributed by atoms with E-state index in [1.165, 1.54) is 11.3 Å². The van der Waals surface area contributed by atoms with Crippen molar-refractivity contribution in [3.8, 4) is 11.1 Å². The molecule has 2 aromatic carbocycles. The Morgan fingerprint density at radius 2 is 1.61 bits per heavy atom. The molecule has 1 amide bonds. The second-order valence-corrected chi connectivity index (χ2v) is 10.5. The summed E-state index contributed by atoms with van der Waals surface area (Å²) in [7, 11) is -3.45. The van der Waals surface area contributed by atoms with E-state index in [-0.39, 0.29) is 11.9 Å². The number of carbonyl (C=O) groups is 1. The van der Waals surface area contributed by atoms with Crippen molar-refractivity contribution in [1.29, 1.82) is 0 Å². The molecule has 2 heterocycles. The third-order valence-corrected chi connectivity index (χ3v) is 8.23. The Morgan fingerprint density at radius 1 is 0.935 bits per heavy atom. The van der Waals surface area contributed by atoms with Crippen LogP contribution in [0.1, 0.15) is 12.8 Å². The van der Waals surface area contributed by atoms with E-state index in [1.54, 1.807) is 17.5 Å². The highest BCUT2D eigenvalue weighted by Gasteiger charge is 2.25. The van der Waals surface area contributed by atoms with E-state index in [2.05, 4.69) is 27.1 Å². The van der Waals surface area contributed by atoms with Crippen molar-refractivity contribution in [2.75, 3.05) is 25.0 Å². The van der Waals surface area contributed by atoms with Gasteiger partial charge in [0.25, 0.3) is 0 Å². The Hall–Kier alpha value is -2.52. The van der Waals surface area contributed by atoms with Crippen LogP contribution >= 0.6 is 11.3 Å². The molecule has 0 aliphatic carbocycles. The summed E-state index contributed by atoms with van der Waals surface area (Å²) in [5.41, 5.74) is 3.01. The van der Waals surface area contributed by atoms with Crippen LogP contribution < -0.4 is 10.0 Å². The number of hydrogen-bond acceptors (Lipinski definition) is 5. The Balaban J connectivity index is 1.24. The van der Waals surface area contributed by atoms with E-state index >= 15 is 0 Å². The molecule has 0 bridgehead atoms. The Morgan fingerprint density at radius 3 is 2.26 bits per heavy atom. The molecule has 3 aromatic rings. The fraction of sp³-hybridized carbons (Fsp3) is 0.261. The standard InChI is InChI=1S/C23H25N3O3S2/c27-22(24-20-10-8-19(9-11-20)18-5-2-1-3-6-18)17-26-14-12-21(13-15-26)25-31(28,29)23-7-4-16-30-23/h1-11,16,21,25H,12-15,17H2,(H,24,27). The average Bonchev–Trinajstić information content (AvgIpc) is 3.32. The lowest BCUT2D eigenvalue weighted by Crippen LogP contribution is -2.46. The van der Waals surface area contributed by atoms with Crippen molar-refractivity contribution in [3.63, 3.8) is 0 Å². The van der Waals surface area contributed by atoms with Crippen molar-refractivity contribution >= 4 is 33.0 Å². The first-order chi connectivity index (χ1) is 15.0.